The summed E-state index contributed by atoms with van der Waals surface area (Å²) >= 11 is 0. The Bertz CT molecular complexity index is 633. The zero-order chi connectivity index (χ0) is 18.2. The molecule has 1 aromatic rings. The number of ether oxygens (including phenoxy) is 2. The maximum atomic E-state index is 12.4. The van der Waals surface area contributed by atoms with Crippen molar-refractivity contribution in [1.82, 2.24) is 0 Å². The second-order valence-corrected chi connectivity index (χ2v) is 6.12. The van der Waals surface area contributed by atoms with E-state index >= 15 is 0 Å². The first-order chi connectivity index (χ1) is 12.0. The third-order valence-corrected chi connectivity index (χ3v) is 4.31. The maximum Gasteiger partial charge on any atom is 0.341 e. The standard InChI is InChI=1S/C18H25N3O4/c1-2-24-17(23)14-5-3-4-6-15(14)25-16(22)13-9-7-12(8-10-13)11-21-18(19)20/h3-6,12-13H,2,7-11H2,1H3,(H4,19,20,21). The van der Waals surface area contributed by atoms with Gasteiger partial charge in [-0.15, -0.1) is 0 Å². The van der Waals surface area contributed by atoms with Crippen LogP contribution < -0.4 is 16.2 Å². The average molecular weight is 347 g/mol. The van der Waals surface area contributed by atoms with E-state index in [2.05, 4.69) is 4.99 Å². The first kappa shape index (κ1) is 18.8. The molecule has 0 heterocycles. The molecule has 1 saturated carbocycles. The lowest BCUT2D eigenvalue weighted by molar-refractivity contribution is -0.140. The summed E-state index contributed by atoms with van der Waals surface area (Å²) in [7, 11) is 0. The molecule has 7 heteroatoms. The molecule has 0 bridgehead atoms. The normalized spacial score (nSPS) is 19.7. The summed E-state index contributed by atoms with van der Waals surface area (Å²) in [6.07, 6.45) is 3.20. The summed E-state index contributed by atoms with van der Waals surface area (Å²) in [6, 6.07) is 6.62. The van der Waals surface area contributed by atoms with Crippen LogP contribution in [0.1, 0.15) is 43.0 Å². The number of para-hydroxylation sites is 1. The van der Waals surface area contributed by atoms with Crippen molar-refractivity contribution in [1.29, 1.82) is 0 Å². The zero-order valence-electron chi connectivity index (χ0n) is 14.4. The Morgan fingerprint density at radius 2 is 1.84 bits per heavy atom. The molecule has 7 nitrogen and oxygen atoms in total. The smallest absolute Gasteiger partial charge is 0.341 e. The molecule has 1 aromatic carbocycles. The quantitative estimate of drug-likeness (QED) is 0.351. The van der Waals surface area contributed by atoms with E-state index in [4.69, 9.17) is 20.9 Å². The van der Waals surface area contributed by atoms with Gasteiger partial charge in [-0.25, -0.2) is 4.79 Å². The van der Waals surface area contributed by atoms with Gasteiger partial charge in [-0.1, -0.05) is 12.1 Å². The Morgan fingerprint density at radius 3 is 2.48 bits per heavy atom. The van der Waals surface area contributed by atoms with E-state index in [0.29, 0.717) is 12.5 Å². The Hall–Kier alpha value is -2.57. The second-order valence-electron chi connectivity index (χ2n) is 6.12. The minimum atomic E-state index is -0.494. The van der Waals surface area contributed by atoms with Crippen molar-refractivity contribution in [2.24, 2.45) is 28.3 Å². The minimum absolute atomic E-state index is 0.0945. The number of benzene rings is 1. The fraction of sp³-hybridized carbons (Fsp3) is 0.500. The fourth-order valence-corrected chi connectivity index (χ4v) is 2.94. The van der Waals surface area contributed by atoms with Gasteiger partial charge >= 0.3 is 11.9 Å². The molecule has 1 aliphatic carbocycles. The molecular formula is C18H25N3O4. The highest BCUT2D eigenvalue weighted by Crippen LogP contribution is 2.31. The molecule has 0 amide bonds. The van der Waals surface area contributed by atoms with Gasteiger partial charge in [0.05, 0.1) is 12.5 Å². The highest BCUT2D eigenvalue weighted by molar-refractivity contribution is 5.93. The predicted octanol–water partition coefficient (Wildman–Crippen LogP) is 1.85. The summed E-state index contributed by atoms with van der Waals surface area (Å²) in [5.41, 5.74) is 11.0. The fourth-order valence-electron chi connectivity index (χ4n) is 2.94. The Labute approximate surface area is 147 Å². The Balaban J connectivity index is 1.93. The van der Waals surface area contributed by atoms with Crippen LogP contribution in [0, 0.1) is 11.8 Å². The number of nitrogens with two attached hydrogens (primary N) is 2. The van der Waals surface area contributed by atoms with Gasteiger partial charge in [-0.05, 0) is 50.7 Å². The summed E-state index contributed by atoms with van der Waals surface area (Å²) in [5.74, 6) is -0.252. The number of carbonyl (C=O) groups excluding carboxylic acids is 2. The highest BCUT2D eigenvalue weighted by atomic mass is 16.5. The number of rotatable bonds is 6. The van der Waals surface area contributed by atoms with E-state index in [0.717, 1.165) is 25.7 Å². The maximum absolute atomic E-state index is 12.4. The monoisotopic (exact) mass is 347 g/mol. The summed E-state index contributed by atoms with van der Waals surface area (Å²) in [5, 5.41) is 0. The highest BCUT2D eigenvalue weighted by Gasteiger charge is 2.28. The summed E-state index contributed by atoms with van der Waals surface area (Å²) < 4.78 is 10.5. The van der Waals surface area contributed by atoms with Crippen LogP contribution in [-0.4, -0.2) is 31.0 Å². The molecule has 0 atom stereocenters. The largest absolute Gasteiger partial charge is 0.462 e. The van der Waals surface area contributed by atoms with Crippen LogP contribution in [0.5, 0.6) is 5.75 Å². The number of hydrogen-bond donors (Lipinski definition) is 2. The molecule has 0 unspecified atom stereocenters. The third kappa shape index (κ3) is 5.48. The Morgan fingerprint density at radius 1 is 1.16 bits per heavy atom. The lowest BCUT2D eigenvalue weighted by atomic mass is 9.82. The van der Waals surface area contributed by atoms with Gasteiger partial charge in [-0.3, -0.25) is 9.79 Å². The molecule has 1 fully saturated rings. The van der Waals surface area contributed by atoms with Gasteiger partial charge < -0.3 is 20.9 Å². The topological polar surface area (TPSA) is 117 Å². The van der Waals surface area contributed by atoms with Crippen LogP contribution in [0.25, 0.3) is 0 Å². The van der Waals surface area contributed by atoms with Crippen molar-refractivity contribution in [3.05, 3.63) is 29.8 Å². The van der Waals surface area contributed by atoms with Crippen LogP contribution >= 0.6 is 0 Å². The van der Waals surface area contributed by atoms with Gasteiger partial charge in [0, 0.05) is 6.54 Å². The summed E-state index contributed by atoms with van der Waals surface area (Å²) in [6.45, 7) is 2.59. The summed E-state index contributed by atoms with van der Waals surface area (Å²) in [4.78, 5) is 28.4. The average Bonchev–Trinajstić information content (AvgIpc) is 2.61. The van der Waals surface area contributed by atoms with E-state index in [-0.39, 0.29) is 35.8 Å². The van der Waals surface area contributed by atoms with Crippen LogP contribution in [0.15, 0.2) is 29.3 Å². The second kappa shape index (κ2) is 9.05. The van der Waals surface area contributed by atoms with E-state index in [1.807, 2.05) is 0 Å². The van der Waals surface area contributed by atoms with Crippen LogP contribution in [0.4, 0.5) is 0 Å². The van der Waals surface area contributed by atoms with Crippen molar-refractivity contribution in [2.45, 2.75) is 32.6 Å². The van der Waals surface area contributed by atoms with Crippen molar-refractivity contribution in [2.75, 3.05) is 13.2 Å². The zero-order valence-corrected chi connectivity index (χ0v) is 14.4. The lowest BCUT2D eigenvalue weighted by Crippen LogP contribution is -2.28. The number of hydrogen-bond acceptors (Lipinski definition) is 5. The van der Waals surface area contributed by atoms with Crippen LogP contribution in [-0.2, 0) is 9.53 Å². The molecule has 4 N–H and O–H groups in total. The molecule has 2 rings (SSSR count). The van der Waals surface area contributed by atoms with Crippen molar-refractivity contribution in [3.63, 3.8) is 0 Å². The lowest BCUT2D eigenvalue weighted by Gasteiger charge is -2.26. The molecule has 0 saturated heterocycles. The van der Waals surface area contributed by atoms with Gasteiger partial charge in [0.2, 0.25) is 0 Å². The molecule has 1 aliphatic rings. The van der Waals surface area contributed by atoms with Crippen molar-refractivity contribution in [3.8, 4) is 5.75 Å². The Kier molecular flexibility index (Phi) is 6.80. The van der Waals surface area contributed by atoms with Gasteiger partial charge in [0.1, 0.15) is 11.3 Å². The predicted molar refractivity (Wildman–Crippen MR) is 94.2 cm³/mol. The molecule has 0 aromatic heterocycles. The van der Waals surface area contributed by atoms with Gasteiger partial charge in [-0.2, -0.15) is 0 Å². The first-order valence-electron chi connectivity index (χ1n) is 8.54. The van der Waals surface area contributed by atoms with E-state index < -0.39 is 5.97 Å². The van der Waals surface area contributed by atoms with Gasteiger partial charge in [0.25, 0.3) is 0 Å². The van der Waals surface area contributed by atoms with E-state index in [1.54, 1.807) is 31.2 Å². The molecule has 0 spiro atoms. The number of carbonyl (C=O) groups is 2. The van der Waals surface area contributed by atoms with E-state index in [9.17, 15) is 9.59 Å². The molecule has 136 valence electrons. The minimum Gasteiger partial charge on any atom is -0.462 e. The number of esters is 2. The van der Waals surface area contributed by atoms with Crippen molar-refractivity contribution >= 4 is 17.9 Å². The third-order valence-electron chi connectivity index (χ3n) is 4.31. The number of aliphatic imine (C=N–C) groups is 1. The number of guanidine groups is 1. The van der Waals surface area contributed by atoms with Crippen LogP contribution in [0.3, 0.4) is 0 Å². The first-order valence-corrected chi connectivity index (χ1v) is 8.54. The molecule has 0 radical (unpaired) electrons. The van der Waals surface area contributed by atoms with Gasteiger partial charge in [0.15, 0.2) is 5.96 Å². The number of nitrogens with zero attached hydrogens (tertiary/aromatic N) is 1. The SMILES string of the molecule is CCOC(=O)c1ccccc1OC(=O)C1CCC(CN=C(N)N)CC1. The molecular weight excluding hydrogens is 322 g/mol. The van der Waals surface area contributed by atoms with Crippen molar-refractivity contribution < 1.29 is 19.1 Å². The van der Waals surface area contributed by atoms with Crippen LogP contribution in [0.2, 0.25) is 0 Å². The molecule has 25 heavy (non-hydrogen) atoms. The van der Waals surface area contributed by atoms with E-state index in [1.165, 1.54) is 0 Å². The molecule has 0 aliphatic heterocycles.